The molecule has 1 atom stereocenters. The van der Waals surface area contributed by atoms with Crippen LogP contribution in [0, 0.1) is 0 Å². The molecule has 0 bridgehead atoms. The lowest BCUT2D eigenvalue weighted by Crippen LogP contribution is -2.36. The van der Waals surface area contributed by atoms with Crippen molar-refractivity contribution in [3.8, 4) is 23.0 Å². The number of benzene rings is 3. The monoisotopic (exact) mass is 395 g/mol. The lowest BCUT2D eigenvalue weighted by atomic mass is 10.1. The van der Waals surface area contributed by atoms with E-state index in [-0.39, 0.29) is 12.5 Å². The first kappa shape index (κ1) is 20.3. The average Bonchev–Trinajstić information content (AvgIpc) is 2.76. The number of ether oxygens (including phenoxy) is 4. The van der Waals surface area contributed by atoms with E-state index in [0.717, 1.165) is 16.3 Å². The summed E-state index contributed by atoms with van der Waals surface area (Å²) in [5.41, 5.74) is 0.774. The zero-order valence-corrected chi connectivity index (χ0v) is 17.0. The number of methoxy groups -OCH3 is 3. The van der Waals surface area contributed by atoms with Crippen LogP contribution in [0.5, 0.6) is 23.0 Å². The number of amides is 1. The highest BCUT2D eigenvalue weighted by molar-refractivity contribution is 5.89. The number of carbonyl (C=O) groups is 1. The molecule has 0 aliphatic heterocycles. The van der Waals surface area contributed by atoms with Crippen LogP contribution in [0.25, 0.3) is 10.8 Å². The summed E-state index contributed by atoms with van der Waals surface area (Å²) in [6.45, 7) is 1.99. The van der Waals surface area contributed by atoms with Crippen LogP contribution in [-0.2, 0) is 11.3 Å². The Morgan fingerprint density at radius 1 is 0.862 bits per heavy atom. The quantitative estimate of drug-likeness (QED) is 0.626. The maximum absolute atomic E-state index is 12.6. The van der Waals surface area contributed by atoms with Gasteiger partial charge in [-0.15, -0.1) is 0 Å². The predicted molar refractivity (Wildman–Crippen MR) is 112 cm³/mol. The number of fused-ring (bicyclic) bond motifs is 1. The first-order valence-electron chi connectivity index (χ1n) is 9.29. The largest absolute Gasteiger partial charge is 0.493 e. The SMILES string of the molecule is COc1ccc(CNC(=O)[C@H](C)Oc2cccc3ccccc23)c(OC)c1OC. The lowest BCUT2D eigenvalue weighted by molar-refractivity contribution is -0.127. The summed E-state index contributed by atoms with van der Waals surface area (Å²) in [6, 6.07) is 17.3. The molecular weight excluding hydrogens is 370 g/mol. The third-order valence-corrected chi connectivity index (χ3v) is 4.66. The van der Waals surface area contributed by atoms with Crippen LogP contribution in [0.3, 0.4) is 0 Å². The zero-order chi connectivity index (χ0) is 20.8. The Bertz CT molecular complexity index is 996. The smallest absolute Gasteiger partial charge is 0.261 e. The molecule has 0 aromatic heterocycles. The number of hydrogen-bond donors (Lipinski definition) is 1. The Morgan fingerprint density at radius 3 is 2.31 bits per heavy atom. The van der Waals surface area contributed by atoms with Crippen LogP contribution in [0.4, 0.5) is 0 Å². The average molecular weight is 395 g/mol. The summed E-state index contributed by atoms with van der Waals surface area (Å²) in [6.07, 6.45) is -0.660. The normalized spacial score (nSPS) is 11.6. The standard InChI is InChI=1S/C23H25NO5/c1-15(29-19-11-7-9-16-8-5-6-10-18(16)19)23(25)24-14-17-12-13-20(26-2)22(28-4)21(17)27-3/h5-13,15H,14H2,1-4H3,(H,24,25)/t15-/m0/s1. The van der Waals surface area contributed by atoms with Crippen molar-refractivity contribution in [3.05, 3.63) is 60.2 Å². The molecule has 0 radical (unpaired) electrons. The summed E-state index contributed by atoms with van der Waals surface area (Å²) in [4.78, 5) is 12.6. The molecule has 1 N–H and O–H groups in total. The second-order valence-corrected chi connectivity index (χ2v) is 6.45. The highest BCUT2D eigenvalue weighted by Crippen LogP contribution is 2.39. The second kappa shape index (κ2) is 9.19. The number of nitrogens with one attached hydrogen (secondary N) is 1. The molecule has 0 aliphatic carbocycles. The summed E-state index contributed by atoms with van der Waals surface area (Å²) < 4.78 is 22.1. The maximum atomic E-state index is 12.6. The van der Waals surface area contributed by atoms with E-state index in [4.69, 9.17) is 18.9 Å². The third kappa shape index (κ3) is 4.37. The van der Waals surface area contributed by atoms with Crippen LogP contribution < -0.4 is 24.3 Å². The van der Waals surface area contributed by atoms with Gasteiger partial charge in [-0.2, -0.15) is 0 Å². The highest BCUT2D eigenvalue weighted by Gasteiger charge is 2.19. The van der Waals surface area contributed by atoms with E-state index in [1.54, 1.807) is 34.3 Å². The van der Waals surface area contributed by atoms with E-state index in [1.807, 2.05) is 48.5 Å². The zero-order valence-electron chi connectivity index (χ0n) is 17.0. The van der Waals surface area contributed by atoms with E-state index >= 15 is 0 Å². The van der Waals surface area contributed by atoms with E-state index in [9.17, 15) is 4.79 Å². The molecule has 0 heterocycles. The van der Waals surface area contributed by atoms with Gasteiger partial charge in [-0.25, -0.2) is 0 Å². The van der Waals surface area contributed by atoms with Gasteiger partial charge in [0, 0.05) is 17.5 Å². The van der Waals surface area contributed by atoms with Crippen LogP contribution >= 0.6 is 0 Å². The molecule has 152 valence electrons. The summed E-state index contributed by atoms with van der Waals surface area (Å²) in [7, 11) is 4.66. The van der Waals surface area contributed by atoms with Gasteiger partial charge in [-0.1, -0.05) is 36.4 Å². The molecule has 0 saturated carbocycles. The molecule has 29 heavy (non-hydrogen) atoms. The maximum Gasteiger partial charge on any atom is 0.261 e. The van der Waals surface area contributed by atoms with Gasteiger partial charge in [0.15, 0.2) is 17.6 Å². The summed E-state index contributed by atoms with van der Waals surface area (Å²) >= 11 is 0. The van der Waals surface area contributed by atoms with Gasteiger partial charge in [0.05, 0.1) is 21.3 Å². The summed E-state index contributed by atoms with van der Waals surface area (Å²) in [5, 5.41) is 4.92. The van der Waals surface area contributed by atoms with Gasteiger partial charge in [-0.3, -0.25) is 4.79 Å². The molecule has 0 saturated heterocycles. The molecule has 3 aromatic rings. The molecule has 3 aromatic carbocycles. The fraction of sp³-hybridized carbons (Fsp3) is 0.261. The lowest BCUT2D eigenvalue weighted by Gasteiger charge is -2.18. The van der Waals surface area contributed by atoms with Crippen LogP contribution in [-0.4, -0.2) is 33.3 Å². The minimum Gasteiger partial charge on any atom is -0.493 e. The topological polar surface area (TPSA) is 66.0 Å². The molecule has 0 spiro atoms. The molecule has 6 heteroatoms. The van der Waals surface area contributed by atoms with Crippen molar-refractivity contribution < 1.29 is 23.7 Å². The van der Waals surface area contributed by atoms with Gasteiger partial charge < -0.3 is 24.3 Å². The molecule has 6 nitrogen and oxygen atoms in total. The van der Waals surface area contributed by atoms with E-state index in [1.165, 1.54) is 0 Å². The number of carbonyl (C=O) groups excluding carboxylic acids is 1. The Kier molecular flexibility index (Phi) is 6.44. The minimum absolute atomic E-state index is 0.227. The first-order chi connectivity index (χ1) is 14.1. The van der Waals surface area contributed by atoms with Gasteiger partial charge >= 0.3 is 0 Å². The van der Waals surface area contributed by atoms with Crippen molar-refractivity contribution in [1.29, 1.82) is 0 Å². The molecule has 3 rings (SSSR count). The van der Waals surface area contributed by atoms with Crippen molar-refractivity contribution in [2.24, 2.45) is 0 Å². The Balaban J connectivity index is 1.71. The molecule has 0 unspecified atom stereocenters. The van der Waals surface area contributed by atoms with Gasteiger partial charge in [0.25, 0.3) is 5.91 Å². The van der Waals surface area contributed by atoms with Gasteiger partial charge in [-0.05, 0) is 30.5 Å². The van der Waals surface area contributed by atoms with Crippen molar-refractivity contribution in [3.63, 3.8) is 0 Å². The molecule has 0 aliphatic rings. The van der Waals surface area contributed by atoms with Gasteiger partial charge in [0.1, 0.15) is 5.75 Å². The summed E-state index contributed by atoms with van der Waals surface area (Å²) in [5.74, 6) is 2.02. The van der Waals surface area contributed by atoms with E-state index in [2.05, 4.69) is 5.32 Å². The molecular formula is C23H25NO5. The number of rotatable bonds is 8. The molecule has 0 fully saturated rings. The van der Waals surface area contributed by atoms with E-state index < -0.39 is 6.10 Å². The predicted octanol–water partition coefficient (Wildman–Crippen LogP) is 3.95. The van der Waals surface area contributed by atoms with E-state index in [0.29, 0.717) is 23.0 Å². The van der Waals surface area contributed by atoms with Crippen molar-refractivity contribution >= 4 is 16.7 Å². The van der Waals surface area contributed by atoms with Gasteiger partial charge in [0.2, 0.25) is 5.75 Å². The fourth-order valence-corrected chi connectivity index (χ4v) is 3.17. The first-order valence-corrected chi connectivity index (χ1v) is 9.29. The second-order valence-electron chi connectivity index (χ2n) is 6.45. The van der Waals surface area contributed by atoms with Crippen molar-refractivity contribution in [1.82, 2.24) is 5.32 Å². The minimum atomic E-state index is -0.660. The third-order valence-electron chi connectivity index (χ3n) is 4.66. The molecule has 1 amide bonds. The Morgan fingerprint density at radius 2 is 1.59 bits per heavy atom. The van der Waals surface area contributed by atoms with Crippen LogP contribution in [0.2, 0.25) is 0 Å². The Labute approximate surface area is 170 Å². The number of hydrogen-bond acceptors (Lipinski definition) is 5. The Hall–Kier alpha value is -3.41. The van der Waals surface area contributed by atoms with Crippen molar-refractivity contribution in [2.45, 2.75) is 19.6 Å². The van der Waals surface area contributed by atoms with Crippen LogP contribution in [0.1, 0.15) is 12.5 Å². The fourth-order valence-electron chi connectivity index (χ4n) is 3.17. The van der Waals surface area contributed by atoms with Crippen molar-refractivity contribution in [2.75, 3.05) is 21.3 Å². The highest BCUT2D eigenvalue weighted by atomic mass is 16.5. The van der Waals surface area contributed by atoms with Crippen LogP contribution in [0.15, 0.2) is 54.6 Å².